The Balaban J connectivity index is 0.963. The van der Waals surface area contributed by atoms with E-state index in [1.807, 2.05) is 79.7 Å². The summed E-state index contributed by atoms with van der Waals surface area (Å²) in [6.07, 6.45) is 7.03. The van der Waals surface area contributed by atoms with Crippen LogP contribution in [0, 0.1) is 5.41 Å². The van der Waals surface area contributed by atoms with Gasteiger partial charge < -0.3 is 28.4 Å². The van der Waals surface area contributed by atoms with Gasteiger partial charge in [0.2, 0.25) is 0 Å². The van der Waals surface area contributed by atoms with Gasteiger partial charge in [0.25, 0.3) is 0 Å². The second-order valence-electron chi connectivity index (χ2n) is 15.1. The van der Waals surface area contributed by atoms with Crippen molar-refractivity contribution in [3.8, 4) is 28.4 Å². The van der Waals surface area contributed by atoms with Gasteiger partial charge in [0.15, 0.2) is 0 Å². The van der Waals surface area contributed by atoms with E-state index in [9.17, 15) is 14.4 Å². The van der Waals surface area contributed by atoms with Gasteiger partial charge in [-0.05, 0) is 110 Å². The topological polar surface area (TPSA) is 131 Å². The molecule has 0 aliphatic carbocycles. The van der Waals surface area contributed by atoms with Crippen LogP contribution in [0.25, 0.3) is 11.1 Å². The van der Waals surface area contributed by atoms with E-state index in [-0.39, 0.29) is 19.8 Å². The first-order chi connectivity index (χ1) is 29.8. The highest BCUT2D eigenvalue weighted by Gasteiger charge is 2.29. The molecule has 11 nitrogen and oxygen atoms in total. The van der Waals surface area contributed by atoms with Crippen LogP contribution in [0.4, 0.5) is 21.0 Å². The molecule has 322 valence electrons. The van der Waals surface area contributed by atoms with Gasteiger partial charge in [0, 0.05) is 18.0 Å². The van der Waals surface area contributed by atoms with E-state index in [1.165, 1.54) is 12.8 Å². The Morgan fingerprint density at radius 3 is 1.43 bits per heavy atom. The molecule has 0 atom stereocenters. The Labute approximate surface area is 359 Å². The molecule has 0 saturated heterocycles. The molecule has 11 heteroatoms. The lowest BCUT2D eigenvalue weighted by atomic mass is 9.94. The number of anilines is 2. The molecule has 0 unspecified atom stereocenters. The first-order valence-electron chi connectivity index (χ1n) is 21.1. The minimum absolute atomic E-state index is 0.0156. The van der Waals surface area contributed by atoms with E-state index in [1.54, 1.807) is 60.7 Å². The summed E-state index contributed by atoms with van der Waals surface area (Å²) in [4.78, 5) is 37.7. The molecule has 0 aromatic heterocycles. The molecule has 0 aliphatic heterocycles. The lowest BCUT2D eigenvalue weighted by molar-refractivity contribution is -0.0227. The van der Waals surface area contributed by atoms with Gasteiger partial charge in [0.1, 0.15) is 30.5 Å². The Morgan fingerprint density at radius 2 is 0.934 bits per heavy atom. The van der Waals surface area contributed by atoms with Gasteiger partial charge in [-0.15, -0.1) is 0 Å². The molecule has 0 fully saturated rings. The number of ether oxygens (including phenoxy) is 6. The predicted octanol–water partition coefficient (Wildman–Crippen LogP) is 12.0. The quantitative estimate of drug-likeness (QED) is 0.0335. The van der Waals surface area contributed by atoms with Crippen LogP contribution in [0.5, 0.6) is 17.2 Å². The van der Waals surface area contributed by atoms with Crippen molar-refractivity contribution in [2.45, 2.75) is 65.2 Å². The van der Waals surface area contributed by atoms with Crippen LogP contribution < -0.4 is 24.8 Å². The van der Waals surface area contributed by atoms with Crippen molar-refractivity contribution in [1.29, 1.82) is 0 Å². The summed E-state index contributed by atoms with van der Waals surface area (Å²) in [5.74, 6) is 1.60. The number of nitrogens with one attached hydrogen (secondary N) is 2. The zero-order valence-electron chi connectivity index (χ0n) is 35.3. The SMILES string of the molecule is CCCCCCOc1ccc(C(=O)Oc2ccc(-c3ccc(OCCCCCCOCC(C)(COC(=O)Nc4ccccc4)COC(=O)Nc4ccccc4)cc3)cc2)cc1. The van der Waals surface area contributed by atoms with Gasteiger partial charge in [0.05, 0.1) is 30.8 Å². The van der Waals surface area contributed by atoms with Crippen molar-refractivity contribution in [3.05, 3.63) is 139 Å². The molecule has 5 aromatic rings. The predicted molar refractivity (Wildman–Crippen MR) is 239 cm³/mol. The largest absolute Gasteiger partial charge is 0.494 e. The zero-order chi connectivity index (χ0) is 43.0. The van der Waals surface area contributed by atoms with Crippen LogP contribution in [0.15, 0.2) is 133 Å². The Bertz CT molecular complexity index is 1970. The van der Waals surface area contributed by atoms with Gasteiger partial charge in [-0.1, -0.05) is 100 Å². The average molecular weight is 831 g/mol. The lowest BCUT2D eigenvalue weighted by Crippen LogP contribution is -2.37. The second-order valence-corrected chi connectivity index (χ2v) is 15.1. The molecule has 0 spiro atoms. The number of carbonyl (C=O) groups excluding carboxylic acids is 3. The van der Waals surface area contributed by atoms with Gasteiger partial charge in [-0.25, -0.2) is 14.4 Å². The third-order valence-electron chi connectivity index (χ3n) is 9.66. The van der Waals surface area contributed by atoms with E-state index < -0.39 is 23.6 Å². The molecule has 0 aliphatic rings. The highest BCUT2D eigenvalue weighted by atomic mass is 16.6. The first kappa shape index (κ1) is 45.7. The van der Waals surface area contributed by atoms with Crippen molar-refractivity contribution in [3.63, 3.8) is 0 Å². The fourth-order valence-corrected chi connectivity index (χ4v) is 6.15. The number of rotatable bonds is 25. The number of hydrogen-bond donors (Lipinski definition) is 2. The van der Waals surface area contributed by atoms with Crippen LogP contribution in [-0.2, 0) is 14.2 Å². The number of amides is 2. The minimum atomic E-state index is -0.777. The molecule has 2 amide bonds. The van der Waals surface area contributed by atoms with Crippen molar-refractivity contribution in [2.24, 2.45) is 5.41 Å². The number of para-hydroxylation sites is 2. The maximum Gasteiger partial charge on any atom is 0.411 e. The van der Waals surface area contributed by atoms with Gasteiger partial charge in [-0.2, -0.15) is 0 Å². The van der Waals surface area contributed by atoms with Crippen LogP contribution in [0.2, 0.25) is 0 Å². The Kier molecular flexibility index (Phi) is 19.0. The summed E-state index contributed by atoms with van der Waals surface area (Å²) in [5.41, 5.74) is 2.94. The molecular formula is C50H58N2O9. The number of hydrogen-bond acceptors (Lipinski definition) is 9. The third-order valence-corrected chi connectivity index (χ3v) is 9.66. The van der Waals surface area contributed by atoms with Crippen LogP contribution in [0.3, 0.4) is 0 Å². The third kappa shape index (κ3) is 17.1. The maximum absolute atomic E-state index is 12.7. The second kappa shape index (κ2) is 25.3. The molecule has 5 rings (SSSR count). The standard InChI is InChI=1S/C50H58N2O9/c1-3-4-5-15-34-57-45-29-25-41(26-30-45)47(53)61-46-31-23-40(24-32-46)39-21-27-44(28-22-39)58-35-16-7-6-14-33-56-36-50(2,37-59-48(54)51-42-17-10-8-11-18-42)38-60-49(55)52-43-19-12-9-13-20-43/h8-13,17-32H,3-7,14-16,33-38H2,1-2H3,(H,51,54)(H,52,55). The van der Waals surface area contributed by atoms with Crippen LogP contribution >= 0.6 is 0 Å². The summed E-state index contributed by atoms with van der Waals surface area (Å²) in [7, 11) is 0. The van der Waals surface area contributed by atoms with Crippen LogP contribution in [0.1, 0.15) is 75.6 Å². The molecule has 0 radical (unpaired) electrons. The molecule has 61 heavy (non-hydrogen) atoms. The summed E-state index contributed by atoms with van der Waals surface area (Å²) >= 11 is 0. The zero-order valence-corrected chi connectivity index (χ0v) is 35.3. The Hall–Kier alpha value is -6.33. The van der Waals surface area contributed by atoms with Crippen molar-refractivity contribution < 1.29 is 42.8 Å². The molecule has 2 N–H and O–H groups in total. The van der Waals surface area contributed by atoms with E-state index >= 15 is 0 Å². The highest BCUT2D eigenvalue weighted by molar-refractivity contribution is 5.91. The summed E-state index contributed by atoms with van der Waals surface area (Å²) in [5, 5.41) is 5.40. The molecule has 0 bridgehead atoms. The Morgan fingerprint density at radius 1 is 0.492 bits per heavy atom. The summed E-state index contributed by atoms with van der Waals surface area (Å²) in [6.45, 7) is 6.01. The van der Waals surface area contributed by atoms with Gasteiger partial charge in [-0.3, -0.25) is 10.6 Å². The first-order valence-corrected chi connectivity index (χ1v) is 21.1. The molecular weight excluding hydrogens is 773 g/mol. The average Bonchev–Trinajstić information content (AvgIpc) is 3.28. The highest BCUT2D eigenvalue weighted by Crippen LogP contribution is 2.26. The van der Waals surface area contributed by atoms with E-state index in [0.717, 1.165) is 61.2 Å². The van der Waals surface area contributed by atoms with E-state index in [4.69, 9.17) is 28.4 Å². The van der Waals surface area contributed by atoms with Crippen molar-refractivity contribution in [1.82, 2.24) is 0 Å². The number of carbonyl (C=O) groups is 3. The fourth-order valence-electron chi connectivity index (χ4n) is 6.15. The molecule has 0 heterocycles. The molecule has 5 aromatic carbocycles. The number of unbranched alkanes of at least 4 members (excludes halogenated alkanes) is 6. The number of benzene rings is 5. The normalized spacial score (nSPS) is 11.0. The fraction of sp³-hybridized carbons (Fsp3) is 0.340. The number of esters is 1. The smallest absolute Gasteiger partial charge is 0.411 e. The summed E-state index contributed by atoms with van der Waals surface area (Å²) in [6, 6.07) is 40.5. The molecule has 0 saturated carbocycles. The lowest BCUT2D eigenvalue weighted by Gasteiger charge is -2.28. The van der Waals surface area contributed by atoms with E-state index in [2.05, 4.69) is 17.6 Å². The van der Waals surface area contributed by atoms with Crippen molar-refractivity contribution in [2.75, 3.05) is 50.3 Å². The monoisotopic (exact) mass is 830 g/mol. The van der Waals surface area contributed by atoms with Gasteiger partial charge >= 0.3 is 18.2 Å². The minimum Gasteiger partial charge on any atom is -0.494 e. The van der Waals surface area contributed by atoms with E-state index in [0.29, 0.717) is 42.5 Å². The maximum atomic E-state index is 12.7. The van der Waals surface area contributed by atoms with Crippen LogP contribution in [-0.4, -0.2) is 57.8 Å². The van der Waals surface area contributed by atoms with Crippen molar-refractivity contribution >= 4 is 29.5 Å². The summed E-state index contributed by atoms with van der Waals surface area (Å²) < 4.78 is 34.4.